The maximum atomic E-state index is 6.48. The number of rotatable bonds is 2. The number of benzene rings is 2. The third kappa shape index (κ3) is 2.26. The van der Waals surface area contributed by atoms with E-state index in [-0.39, 0.29) is 0 Å². The van der Waals surface area contributed by atoms with Gasteiger partial charge in [-0.3, -0.25) is 5.01 Å². The van der Waals surface area contributed by atoms with Gasteiger partial charge in [-0.2, -0.15) is 4.37 Å². The molecule has 1 unspecified atom stereocenters. The van der Waals surface area contributed by atoms with Crippen LogP contribution in [0.25, 0.3) is 11.3 Å². The summed E-state index contributed by atoms with van der Waals surface area (Å²) in [7, 11) is 0. The van der Waals surface area contributed by atoms with E-state index >= 15 is 0 Å². The zero-order valence-corrected chi connectivity index (χ0v) is 13.2. The highest BCUT2D eigenvalue weighted by molar-refractivity contribution is 7.03. The van der Waals surface area contributed by atoms with E-state index in [0.717, 1.165) is 32.1 Å². The molecule has 1 aliphatic heterocycles. The Balaban J connectivity index is 2.09. The fraction of sp³-hybridized carbons (Fsp3) is 0.0556. The van der Waals surface area contributed by atoms with Gasteiger partial charge in [0.15, 0.2) is 0 Å². The van der Waals surface area contributed by atoms with Crippen LogP contribution in [0.1, 0.15) is 11.1 Å². The number of aromatic nitrogens is 1. The third-order valence-electron chi connectivity index (χ3n) is 4.06. The van der Waals surface area contributed by atoms with E-state index in [1.165, 1.54) is 11.5 Å². The Hall–Kier alpha value is -2.47. The molecule has 4 N–H and O–H groups in total. The van der Waals surface area contributed by atoms with Gasteiger partial charge in [0.05, 0.1) is 16.4 Å². The van der Waals surface area contributed by atoms with Gasteiger partial charge in [-0.15, -0.1) is 0 Å². The summed E-state index contributed by atoms with van der Waals surface area (Å²) in [5.74, 6) is 6.38. The second-order valence-corrected chi connectivity index (χ2v) is 6.22. The Labute approximate surface area is 138 Å². The van der Waals surface area contributed by atoms with Crippen molar-refractivity contribution in [3.05, 3.63) is 87.7 Å². The summed E-state index contributed by atoms with van der Waals surface area (Å²) in [6, 6.07) is 20.2. The summed E-state index contributed by atoms with van der Waals surface area (Å²) in [6.45, 7) is 0. The zero-order valence-electron chi connectivity index (χ0n) is 12.4. The van der Waals surface area contributed by atoms with Gasteiger partial charge in [0.2, 0.25) is 0 Å². The highest BCUT2D eigenvalue weighted by atomic mass is 32.1. The van der Waals surface area contributed by atoms with Gasteiger partial charge >= 0.3 is 0 Å². The molecule has 1 aromatic heterocycles. The van der Waals surface area contributed by atoms with E-state index in [4.69, 9.17) is 11.6 Å². The summed E-state index contributed by atoms with van der Waals surface area (Å²) >= 11 is 1.46. The summed E-state index contributed by atoms with van der Waals surface area (Å²) in [4.78, 5) is 0. The molecule has 0 amide bonds. The fourth-order valence-corrected chi connectivity index (χ4v) is 3.82. The van der Waals surface area contributed by atoms with E-state index in [1.54, 1.807) is 5.01 Å². The molecule has 0 bridgehead atoms. The minimum absolute atomic E-state index is 0.416. The van der Waals surface area contributed by atoms with Crippen molar-refractivity contribution in [2.45, 2.75) is 6.17 Å². The van der Waals surface area contributed by atoms with Gasteiger partial charge < -0.3 is 5.73 Å². The highest BCUT2D eigenvalue weighted by Crippen LogP contribution is 2.23. The lowest BCUT2D eigenvalue weighted by Crippen LogP contribution is -2.54. The minimum Gasteiger partial charge on any atom is -0.306 e. The minimum atomic E-state index is -0.416. The molecule has 0 radical (unpaired) electrons. The Kier molecular flexibility index (Phi) is 3.46. The normalized spacial score (nSPS) is 17.3. The molecule has 0 aliphatic carbocycles. The van der Waals surface area contributed by atoms with Gasteiger partial charge in [0.1, 0.15) is 6.17 Å². The first-order valence-corrected chi connectivity index (χ1v) is 8.14. The molecule has 4 nitrogen and oxygen atoms in total. The van der Waals surface area contributed by atoms with Crippen molar-refractivity contribution in [1.29, 1.82) is 0 Å². The van der Waals surface area contributed by atoms with Crippen LogP contribution in [-0.4, -0.2) is 15.5 Å². The standard InChI is InChI=1S/C18H16N4S/c19-18-15(12-7-3-1-4-8-12)17-14(11-21-23-17)16(22(18)20)13-9-5-2-6-10-13/h1-11,18H,19-20H2. The first-order valence-electron chi connectivity index (χ1n) is 7.37. The number of nitrogens with zero attached hydrogens (tertiary/aromatic N) is 2. The summed E-state index contributed by atoms with van der Waals surface area (Å²) < 4.78 is 5.47. The molecule has 1 atom stereocenters. The van der Waals surface area contributed by atoms with Gasteiger partial charge in [-0.05, 0) is 22.7 Å². The van der Waals surface area contributed by atoms with Crippen molar-refractivity contribution in [2.24, 2.45) is 11.6 Å². The monoisotopic (exact) mass is 320 g/mol. The Bertz CT molecular complexity index is 869. The van der Waals surface area contributed by atoms with Crippen LogP contribution in [-0.2, 0) is 0 Å². The van der Waals surface area contributed by atoms with Gasteiger partial charge in [-0.1, -0.05) is 60.7 Å². The van der Waals surface area contributed by atoms with Crippen LogP contribution in [0.15, 0.2) is 66.9 Å². The van der Waals surface area contributed by atoms with E-state index < -0.39 is 6.17 Å². The molecule has 0 fully saturated rings. The van der Waals surface area contributed by atoms with Crippen LogP contribution >= 0.6 is 11.5 Å². The van der Waals surface area contributed by atoms with Crippen molar-refractivity contribution < 1.29 is 0 Å². The van der Waals surface area contributed by atoms with Crippen LogP contribution in [0.3, 0.4) is 0 Å². The molecule has 0 spiro atoms. The maximum Gasteiger partial charge on any atom is 0.120 e. The van der Waals surface area contributed by atoms with Gasteiger partial charge in [0, 0.05) is 10.8 Å². The molecule has 4 rings (SSSR count). The Morgan fingerprint density at radius 2 is 1.52 bits per heavy atom. The van der Waals surface area contributed by atoms with Crippen LogP contribution in [0.4, 0.5) is 0 Å². The molecule has 114 valence electrons. The van der Waals surface area contributed by atoms with Crippen LogP contribution in [0.5, 0.6) is 0 Å². The molecule has 1 aliphatic rings. The number of nitrogens with two attached hydrogens (primary N) is 2. The first kappa shape index (κ1) is 14.1. The molecule has 2 aromatic carbocycles. The van der Waals surface area contributed by atoms with Crippen molar-refractivity contribution >= 4 is 22.8 Å². The molecule has 5 heteroatoms. The van der Waals surface area contributed by atoms with Crippen molar-refractivity contribution in [2.75, 3.05) is 0 Å². The predicted molar refractivity (Wildman–Crippen MR) is 93.3 cm³/mol. The van der Waals surface area contributed by atoms with Crippen LogP contribution < -0.4 is 21.3 Å². The molecule has 0 saturated carbocycles. The molecule has 2 heterocycles. The number of hydrogen-bond acceptors (Lipinski definition) is 5. The number of hydrogen-bond donors (Lipinski definition) is 2. The Morgan fingerprint density at radius 1 is 0.913 bits per heavy atom. The molecule has 3 aromatic rings. The van der Waals surface area contributed by atoms with E-state index in [9.17, 15) is 0 Å². The SMILES string of the molecule is NC1C(c2ccccc2)=c2sncc2=C(c2ccccc2)N1N. The van der Waals surface area contributed by atoms with Crippen LogP contribution in [0, 0.1) is 0 Å². The fourth-order valence-electron chi connectivity index (χ4n) is 2.97. The summed E-state index contributed by atoms with van der Waals surface area (Å²) in [6.07, 6.45) is 1.46. The first-order chi connectivity index (χ1) is 11.3. The van der Waals surface area contributed by atoms with Gasteiger partial charge in [-0.25, -0.2) is 5.84 Å². The quantitative estimate of drug-likeness (QED) is 0.691. The molecule has 23 heavy (non-hydrogen) atoms. The topological polar surface area (TPSA) is 68.2 Å². The molecule has 0 saturated heterocycles. The lowest BCUT2D eigenvalue weighted by Gasteiger charge is -2.32. The predicted octanol–water partition coefficient (Wildman–Crippen LogP) is 0.973. The van der Waals surface area contributed by atoms with E-state index in [1.807, 2.05) is 54.7 Å². The van der Waals surface area contributed by atoms with Crippen LogP contribution in [0.2, 0.25) is 0 Å². The molecular weight excluding hydrogens is 304 g/mol. The second kappa shape index (κ2) is 5.62. The summed E-state index contributed by atoms with van der Waals surface area (Å²) in [5.41, 5.74) is 10.5. The lowest BCUT2D eigenvalue weighted by atomic mass is 9.98. The van der Waals surface area contributed by atoms with E-state index in [0.29, 0.717) is 0 Å². The smallest absolute Gasteiger partial charge is 0.120 e. The third-order valence-corrected chi connectivity index (χ3v) is 4.89. The average Bonchev–Trinajstić information content (AvgIpc) is 3.06. The van der Waals surface area contributed by atoms with Gasteiger partial charge in [0.25, 0.3) is 0 Å². The lowest BCUT2D eigenvalue weighted by molar-refractivity contribution is 0.361. The van der Waals surface area contributed by atoms with Crippen molar-refractivity contribution in [3.63, 3.8) is 0 Å². The molecular formula is C18H16N4S. The van der Waals surface area contributed by atoms with Crippen molar-refractivity contribution in [3.8, 4) is 0 Å². The largest absolute Gasteiger partial charge is 0.306 e. The highest BCUT2D eigenvalue weighted by Gasteiger charge is 2.27. The zero-order chi connectivity index (χ0) is 15.8. The number of hydrazine groups is 1. The van der Waals surface area contributed by atoms with E-state index in [2.05, 4.69) is 16.5 Å². The van der Waals surface area contributed by atoms with Crippen molar-refractivity contribution in [1.82, 2.24) is 9.38 Å². The maximum absolute atomic E-state index is 6.48. The second-order valence-electron chi connectivity index (χ2n) is 5.42. The summed E-state index contributed by atoms with van der Waals surface area (Å²) in [5, 5.41) is 2.68. The number of fused-ring (bicyclic) bond motifs is 1. The Morgan fingerprint density at radius 3 is 2.17 bits per heavy atom. The average molecular weight is 320 g/mol.